The molecule has 3 nitrogen and oxygen atoms in total. The molecule has 1 radical (unpaired) electrons. The molecule has 0 N–H and O–H groups in total. The minimum absolute atomic E-state index is 0.190. The predicted molar refractivity (Wildman–Crippen MR) is 55.7 cm³/mol. The summed E-state index contributed by atoms with van der Waals surface area (Å²) in [7, 11) is 0. The quantitative estimate of drug-likeness (QED) is 0.740. The lowest BCUT2D eigenvalue weighted by molar-refractivity contribution is 0.170. The molecule has 1 rings (SSSR count). The highest BCUT2D eigenvalue weighted by atomic mass is 16.5. The van der Waals surface area contributed by atoms with Crippen molar-refractivity contribution in [3.63, 3.8) is 0 Å². The van der Waals surface area contributed by atoms with Crippen molar-refractivity contribution in [3.8, 4) is 11.8 Å². The zero-order valence-corrected chi connectivity index (χ0v) is 8.77. The van der Waals surface area contributed by atoms with Gasteiger partial charge in [0, 0.05) is 17.9 Å². The van der Waals surface area contributed by atoms with Crippen LogP contribution in [0.5, 0.6) is 5.75 Å². The highest BCUT2D eigenvalue weighted by Gasteiger charge is 2.05. The van der Waals surface area contributed by atoms with E-state index in [9.17, 15) is 5.11 Å². The average Bonchev–Trinajstić information content (AvgIpc) is 2.27. The summed E-state index contributed by atoms with van der Waals surface area (Å²) >= 11 is 0. The predicted octanol–water partition coefficient (Wildman–Crippen LogP) is 2.55. The second-order valence-corrected chi connectivity index (χ2v) is 3.53. The van der Waals surface area contributed by atoms with Crippen LogP contribution in [0.15, 0.2) is 24.3 Å². The first-order chi connectivity index (χ1) is 7.27. The molecule has 1 aromatic rings. The molecule has 0 saturated heterocycles. The minimum Gasteiger partial charge on any atom is -0.493 e. The number of nitrogens with zero attached hydrogens (tertiary/aromatic N) is 1. The zero-order chi connectivity index (χ0) is 11.1. The number of ether oxygens (including phenoxy) is 1. The fourth-order valence-electron chi connectivity index (χ4n) is 1.21. The Kier molecular flexibility index (Phi) is 4.65. The molecule has 0 bridgehead atoms. The van der Waals surface area contributed by atoms with Gasteiger partial charge in [-0.15, -0.1) is 0 Å². The summed E-state index contributed by atoms with van der Waals surface area (Å²) in [5.41, 5.74) is 0.668. The van der Waals surface area contributed by atoms with Crippen LogP contribution in [-0.4, -0.2) is 6.61 Å². The van der Waals surface area contributed by atoms with Crippen LogP contribution in [0.1, 0.15) is 18.9 Å². The molecule has 1 aromatic carbocycles. The summed E-state index contributed by atoms with van der Waals surface area (Å²) < 4.78 is 5.49. The third kappa shape index (κ3) is 3.61. The minimum atomic E-state index is -0.275. The number of nitriles is 1. The molecule has 0 amide bonds. The Labute approximate surface area is 89.9 Å². The summed E-state index contributed by atoms with van der Waals surface area (Å²) in [5, 5.41) is 19.3. The van der Waals surface area contributed by atoms with Crippen molar-refractivity contribution in [2.24, 2.45) is 5.92 Å². The van der Waals surface area contributed by atoms with E-state index in [2.05, 4.69) is 6.07 Å². The van der Waals surface area contributed by atoms with Crippen LogP contribution < -0.4 is 4.74 Å². The van der Waals surface area contributed by atoms with E-state index in [1.165, 1.54) is 0 Å². The van der Waals surface area contributed by atoms with Gasteiger partial charge in [-0.2, -0.15) is 5.26 Å². The van der Waals surface area contributed by atoms with Gasteiger partial charge in [-0.05, 0) is 6.07 Å². The van der Waals surface area contributed by atoms with Gasteiger partial charge in [0.2, 0.25) is 0 Å². The van der Waals surface area contributed by atoms with Gasteiger partial charge in [-0.3, -0.25) is 0 Å². The Morgan fingerprint density at radius 2 is 2.20 bits per heavy atom. The Bertz CT molecular complexity index is 344. The molecule has 1 atom stereocenters. The first kappa shape index (κ1) is 11.5. The van der Waals surface area contributed by atoms with Crippen molar-refractivity contribution in [3.05, 3.63) is 29.8 Å². The van der Waals surface area contributed by atoms with E-state index in [-0.39, 0.29) is 12.5 Å². The number of hydrogen-bond donors (Lipinski definition) is 0. The van der Waals surface area contributed by atoms with Crippen molar-refractivity contribution >= 4 is 0 Å². The second-order valence-electron chi connectivity index (χ2n) is 3.53. The number of benzene rings is 1. The summed E-state index contributed by atoms with van der Waals surface area (Å²) in [6.45, 7) is 2.15. The number of hydrogen-bond acceptors (Lipinski definition) is 2. The zero-order valence-electron chi connectivity index (χ0n) is 8.77. The molecule has 0 heterocycles. The maximum Gasteiger partial charge on any atom is 0.124 e. The highest BCUT2D eigenvalue weighted by Crippen LogP contribution is 2.18. The molecule has 0 aliphatic carbocycles. The molecule has 0 aliphatic rings. The van der Waals surface area contributed by atoms with E-state index in [0.29, 0.717) is 24.3 Å². The molecule has 3 heteroatoms. The van der Waals surface area contributed by atoms with E-state index < -0.39 is 0 Å². The largest absolute Gasteiger partial charge is 0.493 e. The van der Waals surface area contributed by atoms with Gasteiger partial charge in [-0.25, -0.2) is 5.11 Å². The van der Waals surface area contributed by atoms with Gasteiger partial charge < -0.3 is 4.74 Å². The fraction of sp³-hybridized carbons (Fsp3) is 0.417. The molecular formula is C12H14NO2. The van der Waals surface area contributed by atoms with Crippen LogP contribution in [0, 0.1) is 17.2 Å². The topological polar surface area (TPSA) is 52.9 Å². The third-order valence-corrected chi connectivity index (χ3v) is 2.09. The lowest BCUT2D eigenvalue weighted by Crippen LogP contribution is -2.08. The van der Waals surface area contributed by atoms with E-state index >= 15 is 0 Å². The highest BCUT2D eigenvalue weighted by molar-refractivity contribution is 5.32. The lowest BCUT2D eigenvalue weighted by Gasteiger charge is -2.12. The Morgan fingerprint density at radius 3 is 2.87 bits per heavy atom. The van der Waals surface area contributed by atoms with Gasteiger partial charge in [0.1, 0.15) is 12.4 Å². The van der Waals surface area contributed by atoms with E-state index in [4.69, 9.17) is 10.00 Å². The van der Waals surface area contributed by atoms with Crippen LogP contribution in [0.2, 0.25) is 0 Å². The first-order valence-corrected chi connectivity index (χ1v) is 4.93. The van der Waals surface area contributed by atoms with E-state index in [1.54, 1.807) is 12.1 Å². The summed E-state index contributed by atoms with van der Waals surface area (Å²) in [4.78, 5) is 0. The SMILES string of the molecule is CC(CC#N)COc1ccccc1C[O]. The molecule has 0 aromatic heterocycles. The summed E-state index contributed by atoms with van der Waals surface area (Å²) in [5.74, 6) is 0.826. The van der Waals surface area contributed by atoms with Crippen molar-refractivity contribution in [2.75, 3.05) is 6.61 Å². The number of rotatable bonds is 5. The maximum absolute atomic E-state index is 10.8. The Morgan fingerprint density at radius 1 is 1.47 bits per heavy atom. The fourth-order valence-corrected chi connectivity index (χ4v) is 1.21. The normalized spacial score (nSPS) is 11.8. The summed E-state index contributed by atoms with van der Waals surface area (Å²) in [6.07, 6.45) is 0.472. The van der Waals surface area contributed by atoms with Gasteiger partial charge in [0.05, 0.1) is 12.7 Å². The standard InChI is InChI=1S/C12H14NO2/c1-10(6-7-13)9-15-12-5-3-2-4-11(12)8-14/h2-5,10H,6,8-9H2,1H3. The monoisotopic (exact) mass is 204 g/mol. The molecule has 1 unspecified atom stereocenters. The van der Waals surface area contributed by atoms with E-state index in [0.717, 1.165) is 0 Å². The van der Waals surface area contributed by atoms with Gasteiger partial charge >= 0.3 is 0 Å². The van der Waals surface area contributed by atoms with Crippen LogP contribution in [0.4, 0.5) is 0 Å². The molecule has 0 spiro atoms. The molecule has 0 fully saturated rings. The van der Waals surface area contributed by atoms with Crippen molar-refractivity contribution in [1.29, 1.82) is 5.26 Å². The first-order valence-electron chi connectivity index (χ1n) is 4.93. The Hall–Kier alpha value is -1.53. The second kappa shape index (κ2) is 6.05. The maximum atomic E-state index is 10.8. The van der Waals surface area contributed by atoms with Gasteiger partial charge in [0.15, 0.2) is 0 Å². The van der Waals surface area contributed by atoms with Gasteiger partial charge in [-0.1, -0.05) is 25.1 Å². The van der Waals surface area contributed by atoms with Crippen molar-refractivity contribution < 1.29 is 9.84 Å². The van der Waals surface area contributed by atoms with Crippen LogP contribution in [-0.2, 0) is 11.7 Å². The average molecular weight is 204 g/mol. The molecule has 15 heavy (non-hydrogen) atoms. The van der Waals surface area contributed by atoms with Gasteiger partial charge in [0.25, 0.3) is 0 Å². The lowest BCUT2D eigenvalue weighted by atomic mass is 10.1. The van der Waals surface area contributed by atoms with Crippen molar-refractivity contribution in [1.82, 2.24) is 0 Å². The third-order valence-electron chi connectivity index (χ3n) is 2.09. The van der Waals surface area contributed by atoms with Crippen molar-refractivity contribution in [2.45, 2.75) is 20.0 Å². The smallest absolute Gasteiger partial charge is 0.124 e. The number of para-hydroxylation sites is 1. The van der Waals surface area contributed by atoms with Crippen LogP contribution >= 0.6 is 0 Å². The summed E-state index contributed by atoms with van der Waals surface area (Å²) in [6, 6.07) is 9.29. The van der Waals surface area contributed by atoms with Crippen LogP contribution in [0.3, 0.4) is 0 Å². The molecule has 0 saturated carbocycles. The van der Waals surface area contributed by atoms with E-state index in [1.807, 2.05) is 19.1 Å². The van der Waals surface area contributed by atoms with Crippen LogP contribution in [0.25, 0.3) is 0 Å². The Balaban J connectivity index is 2.54. The molecule has 0 aliphatic heterocycles. The molecular weight excluding hydrogens is 190 g/mol. The molecule has 79 valence electrons.